The first-order chi connectivity index (χ1) is 9.85. The minimum atomic E-state index is -4.05. The van der Waals surface area contributed by atoms with Crippen molar-refractivity contribution >= 4 is 27.3 Å². The highest BCUT2D eigenvalue weighted by molar-refractivity contribution is 7.92. The Morgan fingerprint density at radius 2 is 1.90 bits per heavy atom. The second-order valence-electron chi connectivity index (χ2n) is 4.34. The van der Waals surface area contributed by atoms with Crippen LogP contribution >= 0.6 is 11.6 Å². The van der Waals surface area contributed by atoms with Crippen LogP contribution in [0.4, 0.5) is 10.1 Å². The number of anilines is 1. The van der Waals surface area contributed by atoms with E-state index in [1.54, 1.807) is 6.92 Å². The van der Waals surface area contributed by atoms with Crippen molar-refractivity contribution in [1.29, 1.82) is 0 Å². The van der Waals surface area contributed by atoms with E-state index in [-0.39, 0.29) is 11.4 Å². The normalized spacial score (nSPS) is 11.2. The number of nitrogens with one attached hydrogen (secondary N) is 1. The maximum atomic E-state index is 13.6. The lowest BCUT2D eigenvalue weighted by Crippen LogP contribution is -2.15. The average molecular weight is 330 g/mol. The maximum absolute atomic E-state index is 13.6. The number of methoxy groups -OCH3 is 1. The van der Waals surface area contributed by atoms with Crippen molar-refractivity contribution in [3.05, 3.63) is 52.8 Å². The molecule has 21 heavy (non-hydrogen) atoms. The van der Waals surface area contributed by atoms with Crippen molar-refractivity contribution < 1.29 is 17.5 Å². The minimum absolute atomic E-state index is 0.197. The van der Waals surface area contributed by atoms with Gasteiger partial charge in [0.15, 0.2) is 0 Å². The molecule has 7 heteroatoms. The zero-order valence-corrected chi connectivity index (χ0v) is 12.9. The highest BCUT2D eigenvalue weighted by atomic mass is 35.5. The molecule has 0 unspecified atom stereocenters. The predicted octanol–water partition coefficient (Wildman–Crippen LogP) is 3.60. The van der Waals surface area contributed by atoms with Gasteiger partial charge in [0.05, 0.1) is 12.8 Å². The minimum Gasteiger partial charge on any atom is -0.495 e. The lowest BCUT2D eigenvalue weighted by atomic mass is 10.2. The molecule has 2 rings (SSSR count). The topological polar surface area (TPSA) is 55.4 Å². The SMILES string of the molecule is COc1cc(Cl)c(C)cc1NS(=O)(=O)c1ccccc1F. The summed E-state index contributed by atoms with van der Waals surface area (Å²) >= 11 is 5.96. The Hall–Kier alpha value is -1.79. The van der Waals surface area contributed by atoms with E-state index in [9.17, 15) is 12.8 Å². The Morgan fingerprint density at radius 1 is 1.24 bits per heavy atom. The average Bonchev–Trinajstić information content (AvgIpc) is 2.42. The molecule has 0 amide bonds. The molecule has 0 aromatic heterocycles. The molecule has 0 saturated carbocycles. The van der Waals surface area contributed by atoms with Gasteiger partial charge >= 0.3 is 0 Å². The van der Waals surface area contributed by atoms with Crippen molar-refractivity contribution in [3.63, 3.8) is 0 Å². The quantitative estimate of drug-likeness (QED) is 0.932. The first-order valence-electron chi connectivity index (χ1n) is 5.96. The van der Waals surface area contributed by atoms with Gasteiger partial charge in [-0.2, -0.15) is 0 Å². The molecule has 2 aromatic carbocycles. The molecule has 4 nitrogen and oxygen atoms in total. The summed E-state index contributed by atoms with van der Waals surface area (Å²) in [7, 11) is -2.66. The van der Waals surface area contributed by atoms with Gasteiger partial charge in [-0.25, -0.2) is 12.8 Å². The lowest BCUT2D eigenvalue weighted by molar-refractivity contribution is 0.417. The molecule has 0 heterocycles. The Kier molecular flexibility index (Phi) is 4.39. The molecule has 0 radical (unpaired) electrons. The standard InChI is InChI=1S/C14H13ClFNO3S/c1-9-7-12(13(20-2)8-10(9)15)17-21(18,19)14-6-4-3-5-11(14)16/h3-8,17H,1-2H3. The third-order valence-electron chi connectivity index (χ3n) is 2.85. The molecule has 0 bridgehead atoms. The van der Waals surface area contributed by atoms with Gasteiger partial charge in [0.1, 0.15) is 16.5 Å². The molecule has 0 aliphatic heterocycles. The fourth-order valence-electron chi connectivity index (χ4n) is 1.77. The van der Waals surface area contributed by atoms with Crippen molar-refractivity contribution in [2.24, 2.45) is 0 Å². The Balaban J connectivity index is 2.47. The predicted molar refractivity (Wildman–Crippen MR) is 79.9 cm³/mol. The molecule has 0 saturated heterocycles. The fourth-order valence-corrected chi connectivity index (χ4v) is 3.07. The first kappa shape index (κ1) is 15.6. The van der Waals surface area contributed by atoms with Gasteiger partial charge in [0, 0.05) is 11.1 Å². The van der Waals surface area contributed by atoms with Crippen LogP contribution in [0.5, 0.6) is 5.75 Å². The molecule has 0 aliphatic rings. The van der Waals surface area contributed by atoms with Gasteiger partial charge in [-0.05, 0) is 30.7 Å². The smallest absolute Gasteiger partial charge is 0.264 e. The van der Waals surface area contributed by atoms with Crippen LogP contribution in [0.2, 0.25) is 5.02 Å². The van der Waals surface area contributed by atoms with E-state index >= 15 is 0 Å². The van der Waals surface area contributed by atoms with Crippen LogP contribution in [0, 0.1) is 12.7 Å². The highest BCUT2D eigenvalue weighted by Gasteiger charge is 2.20. The zero-order valence-electron chi connectivity index (χ0n) is 11.4. The number of ether oxygens (including phenoxy) is 1. The van der Waals surface area contributed by atoms with E-state index in [1.807, 2.05) is 0 Å². The van der Waals surface area contributed by atoms with Gasteiger partial charge in [-0.3, -0.25) is 4.72 Å². The number of halogens is 2. The number of aryl methyl sites for hydroxylation is 1. The molecule has 0 fully saturated rings. The molecule has 0 aliphatic carbocycles. The van der Waals surface area contributed by atoms with Crippen molar-refractivity contribution in [2.45, 2.75) is 11.8 Å². The monoisotopic (exact) mass is 329 g/mol. The van der Waals surface area contributed by atoms with Crippen LogP contribution < -0.4 is 9.46 Å². The van der Waals surface area contributed by atoms with Crippen LogP contribution in [0.1, 0.15) is 5.56 Å². The van der Waals surface area contributed by atoms with Gasteiger partial charge in [-0.15, -0.1) is 0 Å². The Labute approximate surface area is 127 Å². The summed E-state index contributed by atoms with van der Waals surface area (Å²) in [5.74, 6) is -0.569. The number of sulfonamides is 1. The second kappa shape index (κ2) is 5.91. The molecule has 2 aromatic rings. The van der Waals surface area contributed by atoms with Crippen molar-refractivity contribution in [3.8, 4) is 5.75 Å². The Morgan fingerprint density at radius 3 is 2.52 bits per heavy atom. The first-order valence-corrected chi connectivity index (χ1v) is 7.83. The zero-order chi connectivity index (χ0) is 15.6. The molecule has 0 atom stereocenters. The second-order valence-corrected chi connectivity index (χ2v) is 6.40. The lowest BCUT2D eigenvalue weighted by Gasteiger charge is -2.13. The van der Waals surface area contributed by atoms with Gasteiger partial charge in [-0.1, -0.05) is 23.7 Å². The van der Waals surface area contributed by atoms with Crippen molar-refractivity contribution in [2.75, 3.05) is 11.8 Å². The summed E-state index contributed by atoms with van der Waals surface area (Å²) < 4.78 is 45.5. The number of hydrogen-bond acceptors (Lipinski definition) is 3. The maximum Gasteiger partial charge on any atom is 0.264 e. The van der Waals surface area contributed by atoms with E-state index in [4.69, 9.17) is 16.3 Å². The van der Waals surface area contributed by atoms with Crippen LogP contribution in [0.3, 0.4) is 0 Å². The van der Waals surface area contributed by atoms with Crippen LogP contribution in [0.15, 0.2) is 41.3 Å². The van der Waals surface area contributed by atoms with Crippen LogP contribution in [0.25, 0.3) is 0 Å². The van der Waals surface area contributed by atoms with E-state index in [0.717, 1.165) is 6.07 Å². The largest absolute Gasteiger partial charge is 0.495 e. The molecule has 112 valence electrons. The molecular formula is C14H13ClFNO3S. The molecule has 0 spiro atoms. The number of benzene rings is 2. The van der Waals surface area contributed by atoms with Crippen molar-refractivity contribution in [1.82, 2.24) is 0 Å². The van der Waals surface area contributed by atoms with Gasteiger partial charge in [0.2, 0.25) is 0 Å². The molecule has 1 N–H and O–H groups in total. The van der Waals surface area contributed by atoms with Crippen LogP contribution in [-0.2, 0) is 10.0 Å². The van der Waals surface area contributed by atoms with E-state index < -0.39 is 20.7 Å². The van der Waals surface area contributed by atoms with E-state index in [0.29, 0.717) is 10.6 Å². The van der Waals surface area contributed by atoms with Gasteiger partial charge < -0.3 is 4.74 Å². The fraction of sp³-hybridized carbons (Fsp3) is 0.143. The summed E-state index contributed by atoms with van der Waals surface area (Å²) in [6.07, 6.45) is 0. The molecular weight excluding hydrogens is 317 g/mol. The third kappa shape index (κ3) is 3.28. The highest BCUT2D eigenvalue weighted by Crippen LogP contribution is 2.32. The van der Waals surface area contributed by atoms with E-state index in [1.165, 1.54) is 37.4 Å². The summed E-state index contributed by atoms with van der Waals surface area (Å²) in [4.78, 5) is -0.431. The van der Waals surface area contributed by atoms with Gasteiger partial charge in [0.25, 0.3) is 10.0 Å². The number of rotatable bonds is 4. The summed E-state index contributed by atoms with van der Waals surface area (Å²) in [6, 6.07) is 8.16. The third-order valence-corrected chi connectivity index (χ3v) is 4.66. The summed E-state index contributed by atoms with van der Waals surface area (Å²) in [5.41, 5.74) is 0.867. The number of hydrogen-bond donors (Lipinski definition) is 1. The Bertz CT molecular complexity index is 778. The summed E-state index contributed by atoms with van der Waals surface area (Å²) in [6.45, 7) is 1.72. The van der Waals surface area contributed by atoms with Crippen LogP contribution in [-0.4, -0.2) is 15.5 Å². The van der Waals surface area contributed by atoms with E-state index in [2.05, 4.69) is 4.72 Å². The summed E-state index contributed by atoms with van der Waals surface area (Å²) in [5, 5.41) is 0.445.